The van der Waals surface area contributed by atoms with Gasteiger partial charge in [-0.1, -0.05) is 30.7 Å². The Kier molecular flexibility index (Phi) is 0.278. The standard InChI is InChI=1S/C8H8/c1-8-5-3-2-4-6(8)7(5)8/h2-5,7H,1H3. The van der Waals surface area contributed by atoms with Crippen LogP contribution in [0.25, 0.3) is 0 Å². The second-order valence-electron chi connectivity index (χ2n) is 3.29. The third-order valence-corrected chi connectivity index (χ3v) is 3.06. The molecule has 0 nitrogen and oxygen atoms in total. The van der Waals surface area contributed by atoms with Gasteiger partial charge in [0.1, 0.15) is 0 Å². The average molecular weight is 104 g/mol. The van der Waals surface area contributed by atoms with Crippen LogP contribution in [0.15, 0.2) is 23.8 Å². The Morgan fingerprint density at radius 2 is 2.38 bits per heavy atom. The third-order valence-electron chi connectivity index (χ3n) is 3.06. The first-order valence-corrected chi connectivity index (χ1v) is 3.24. The molecule has 40 valence electrons. The molecule has 2 fully saturated rings. The predicted molar refractivity (Wildman–Crippen MR) is 32.3 cm³/mol. The third kappa shape index (κ3) is 0.146. The summed E-state index contributed by atoms with van der Waals surface area (Å²) in [6.45, 7) is 2.37. The molecule has 3 aliphatic rings. The highest BCUT2D eigenvalue weighted by atomic mass is 14.8. The lowest BCUT2D eigenvalue weighted by atomic mass is 9.98. The monoisotopic (exact) mass is 104 g/mol. The average Bonchev–Trinajstić information content (AvgIpc) is 2.60. The van der Waals surface area contributed by atoms with E-state index >= 15 is 0 Å². The highest BCUT2D eigenvalue weighted by Gasteiger charge is 2.79. The summed E-state index contributed by atoms with van der Waals surface area (Å²) in [6, 6.07) is 0. The van der Waals surface area contributed by atoms with Crippen LogP contribution >= 0.6 is 0 Å². The van der Waals surface area contributed by atoms with E-state index in [2.05, 4.69) is 25.2 Å². The maximum absolute atomic E-state index is 2.37. The molecule has 0 aliphatic heterocycles. The molecule has 3 aliphatic carbocycles. The van der Waals surface area contributed by atoms with E-state index in [-0.39, 0.29) is 0 Å². The van der Waals surface area contributed by atoms with Gasteiger partial charge in [-0.25, -0.2) is 0 Å². The molecule has 0 aromatic heterocycles. The summed E-state index contributed by atoms with van der Waals surface area (Å²) >= 11 is 0. The molecule has 3 unspecified atom stereocenters. The van der Waals surface area contributed by atoms with E-state index in [9.17, 15) is 0 Å². The Bertz CT molecular complexity index is 216. The van der Waals surface area contributed by atoms with Gasteiger partial charge in [-0.15, -0.1) is 0 Å². The van der Waals surface area contributed by atoms with Crippen molar-refractivity contribution in [3.8, 4) is 0 Å². The van der Waals surface area contributed by atoms with Gasteiger partial charge in [-0.05, 0) is 11.8 Å². The van der Waals surface area contributed by atoms with Crippen LogP contribution in [0.1, 0.15) is 6.92 Å². The maximum atomic E-state index is 2.37. The van der Waals surface area contributed by atoms with E-state index in [4.69, 9.17) is 0 Å². The second-order valence-corrected chi connectivity index (χ2v) is 3.29. The first kappa shape index (κ1) is 3.49. The molecule has 3 atom stereocenters. The molecule has 0 heterocycles. The first-order valence-electron chi connectivity index (χ1n) is 3.24. The summed E-state index contributed by atoms with van der Waals surface area (Å²) in [5.41, 5.74) is 2.42. The molecular weight excluding hydrogens is 96.1 g/mol. The van der Waals surface area contributed by atoms with Gasteiger partial charge in [0.05, 0.1) is 0 Å². The van der Waals surface area contributed by atoms with Gasteiger partial charge >= 0.3 is 0 Å². The highest BCUT2D eigenvalue weighted by molar-refractivity contribution is 5.60. The van der Waals surface area contributed by atoms with Crippen LogP contribution in [0.4, 0.5) is 0 Å². The van der Waals surface area contributed by atoms with E-state index in [1.54, 1.807) is 5.57 Å². The van der Waals surface area contributed by atoms with Crippen LogP contribution in [0.2, 0.25) is 0 Å². The van der Waals surface area contributed by atoms with Crippen molar-refractivity contribution in [2.45, 2.75) is 6.92 Å². The van der Waals surface area contributed by atoms with E-state index in [1.807, 2.05) is 0 Å². The van der Waals surface area contributed by atoms with E-state index in [1.165, 1.54) is 0 Å². The minimum absolute atomic E-state index is 0.703. The summed E-state index contributed by atoms with van der Waals surface area (Å²) in [5.74, 6) is 1.97. The summed E-state index contributed by atoms with van der Waals surface area (Å²) in [4.78, 5) is 0. The number of rotatable bonds is 0. The Balaban J connectivity index is 2.26. The fraction of sp³-hybridized carbons (Fsp3) is 0.500. The van der Waals surface area contributed by atoms with Crippen LogP contribution in [-0.2, 0) is 0 Å². The van der Waals surface area contributed by atoms with Crippen LogP contribution < -0.4 is 0 Å². The lowest BCUT2D eigenvalue weighted by molar-refractivity contribution is 0.703. The maximum Gasteiger partial charge on any atom is 0.00306 e. The summed E-state index contributed by atoms with van der Waals surface area (Å²) in [7, 11) is 0. The Labute approximate surface area is 48.9 Å². The zero-order valence-electron chi connectivity index (χ0n) is 4.89. The zero-order valence-corrected chi connectivity index (χ0v) is 4.89. The lowest BCUT2D eigenvalue weighted by Crippen LogP contribution is -1.96. The van der Waals surface area contributed by atoms with Crippen molar-refractivity contribution in [3.63, 3.8) is 0 Å². The minimum atomic E-state index is 0.703. The number of hydrogen-bond donors (Lipinski definition) is 0. The molecule has 0 heteroatoms. The number of fused-ring (bicyclic) bond motifs is 2. The van der Waals surface area contributed by atoms with Gasteiger partial charge in [0.15, 0.2) is 0 Å². The van der Waals surface area contributed by atoms with Crippen LogP contribution in [0.3, 0.4) is 0 Å². The molecule has 3 rings (SSSR count). The Morgan fingerprint density at radius 3 is 2.62 bits per heavy atom. The Morgan fingerprint density at radius 1 is 1.62 bits per heavy atom. The normalized spacial score (nSPS) is 61.9. The van der Waals surface area contributed by atoms with Crippen LogP contribution in [-0.4, -0.2) is 0 Å². The van der Waals surface area contributed by atoms with Gasteiger partial charge in [0.2, 0.25) is 0 Å². The number of hydrogen-bond acceptors (Lipinski definition) is 0. The first-order chi connectivity index (χ1) is 3.85. The summed E-state index contributed by atoms with van der Waals surface area (Å²) in [6.07, 6.45) is 6.83. The van der Waals surface area contributed by atoms with Gasteiger partial charge in [0, 0.05) is 5.41 Å². The van der Waals surface area contributed by atoms with Gasteiger partial charge in [-0.2, -0.15) is 0 Å². The molecule has 0 radical (unpaired) electrons. The SMILES string of the molecule is CC12C3=CC=CC1C32. The molecule has 0 bridgehead atoms. The van der Waals surface area contributed by atoms with E-state index < -0.39 is 0 Å². The van der Waals surface area contributed by atoms with Crippen molar-refractivity contribution in [2.24, 2.45) is 17.3 Å². The van der Waals surface area contributed by atoms with Gasteiger partial charge in [0.25, 0.3) is 0 Å². The van der Waals surface area contributed by atoms with Crippen molar-refractivity contribution in [3.05, 3.63) is 23.8 Å². The van der Waals surface area contributed by atoms with Crippen molar-refractivity contribution >= 4 is 0 Å². The van der Waals surface area contributed by atoms with Crippen LogP contribution in [0, 0.1) is 17.3 Å². The second kappa shape index (κ2) is 0.637. The Hall–Kier alpha value is -0.520. The van der Waals surface area contributed by atoms with Crippen molar-refractivity contribution in [2.75, 3.05) is 0 Å². The molecule has 0 N–H and O–H groups in total. The largest absolute Gasteiger partial charge is 0.0799 e. The molecular formula is C8H8. The highest BCUT2D eigenvalue weighted by Crippen LogP contribution is 2.85. The molecule has 0 amide bonds. The molecule has 0 aromatic carbocycles. The van der Waals surface area contributed by atoms with E-state index in [0.29, 0.717) is 5.41 Å². The summed E-state index contributed by atoms with van der Waals surface area (Å²) < 4.78 is 0. The minimum Gasteiger partial charge on any atom is -0.0799 e. The van der Waals surface area contributed by atoms with Gasteiger partial charge in [-0.3, -0.25) is 0 Å². The molecule has 2 saturated carbocycles. The summed E-state index contributed by atoms with van der Waals surface area (Å²) in [5, 5.41) is 0. The van der Waals surface area contributed by atoms with Crippen molar-refractivity contribution in [1.29, 1.82) is 0 Å². The molecule has 0 aromatic rings. The lowest BCUT2D eigenvalue weighted by Gasteiger charge is -2.07. The zero-order chi connectivity index (χ0) is 5.35. The van der Waals surface area contributed by atoms with Crippen molar-refractivity contribution < 1.29 is 0 Å². The molecule has 0 spiro atoms. The quantitative estimate of drug-likeness (QED) is 0.439. The van der Waals surface area contributed by atoms with Crippen LogP contribution in [0.5, 0.6) is 0 Å². The molecule has 0 saturated heterocycles. The van der Waals surface area contributed by atoms with E-state index in [0.717, 1.165) is 11.8 Å². The number of allylic oxidation sites excluding steroid dienone is 4. The van der Waals surface area contributed by atoms with Gasteiger partial charge < -0.3 is 0 Å². The fourth-order valence-electron chi connectivity index (χ4n) is 2.22. The fourth-order valence-corrected chi connectivity index (χ4v) is 2.22. The van der Waals surface area contributed by atoms with Crippen molar-refractivity contribution in [1.82, 2.24) is 0 Å². The predicted octanol–water partition coefficient (Wildman–Crippen LogP) is 1.75. The molecule has 8 heavy (non-hydrogen) atoms. The topological polar surface area (TPSA) is 0 Å². The smallest absolute Gasteiger partial charge is 0.00306 e.